The number of rotatable bonds is 1. The van der Waals surface area contributed by atoms with Gasteiger partial charge in [0.25, 0.3) is 0 Å². The van der Waals surface area contributed by atoms with Crippen LogP contribution in [0.15, 0.2) is 0 Å². The molecule has 0 aromatic heterocycles. The number of nitrogens with one attached hydrogen (secondary N) is 1. The van der Waals surface area contributed by atoms with Crippen LogP contribution < -0.4 is 5.32 Å². The predicted molar refractivity (Wildman–Crippen MR) is 44.0 cm³/mol. The van der Waals surface area contributed by atoms with Crippen LogP contribution in [-0.4, -0.2) is 38.5 Å². The van der Waals surface area contributed by atoms with Gasteiger partial charge in [-0.25, -0.2) is 0 Å². The lowest BCUT2D eigenvalue weighted by Gasteiger charge is -2.47. The summed E-state index contributed by atoms with van der Waals surface area (Å²) < 4.78 is 10.9. The Morgan fingerprint density at radius 3 is 3.17 bits per heavy atom. The fraction of sp³-hybridized carbons (Fsp3) is 1.00. The molecule has 0 aromatic carbocycles. The maximum Gasteiger partial charge on any atom is 0.0626 e. The van der Waals surface area contributed by atoms with Gasteiger partial charge in [-0.1, -0.05) is 0 Å². The molecular weight excluding hydrogens is 154 g/mol. The molecule has 1 saturated carbocycles. The zero-order valence-corrected chi connectivity index (χ0v) is 7.38. The summed E-state index contributed by atoms with van der Waals surface area (Å²) in [6, 6.07) is 1.30. The Bertz CT molecular complexity index is 209. The van der Waals surface area contributed by atoms with Crippen LogP contribution in [0.5, 0.6) is 0 Å². The number of ether oxygens (including phenoxy) is 2. The first-order valence-electron chi connectivity index (χ1n) is 4.72. The van der Waals surface area contributed by atoms with Crippen LogP contribution in [0.4, 0.5) is 0 Å². The average molecular weight is 169 g/mol. The van der Waals surface area contributed by atoms with E-state index < -0.39 is 0 Å². The lowest BCUT2D eigenvalue weighted by Crippen LogP contribution is -2.66. The van der Waals surface area contributed by atoms with Crippen LogP contribution in [0.25, 0.3) is 0 Å². The van der Waals surface area contributed by atoms with Gasteiger partial charge < -0.3 is 14.8 Å². The normalized spacial score (nSPS) is 56.2. The molecular formula is C9H15NO2. The molecule has 2 heterocycles. The van der Waals surface area contributed by atoms with Gasteiger partial charge in [-0.2, -0.15) is 0 Å². The Hall–Kier alpha value is -0.120. The summed E-state index contributed by atoms with van der Waals surface area (Å²) in [7, 11) is 1.82. The second-order valence-electron chi connectivity index (χ2n) is 4.32. The van der Waals surface area contributed by atoms with E-state index in [1.165, 1.54) is 12.8 Å². The summed E-state index contributed by atoms with van der Waals surface area (Å²) in [5.74, 6) is 0. The molecule has 1 N–H and O–H groups in total. The highest BCUT2D eigenvalue weighted by Crippen LogP contribution is 2.52. The molecule has 3 aliphatic rings. The molecule has 0 radical (unpaired) electrons. The first-order valence-corrected chi connectivity index (χ1v) is 4.72. The van der Waals surface area contributed by atoms with E-state index in [1.54, 1.807) is 0 Å². The summed E-state index contributed by atoms with van der Waals surface area (Å²) >= 11 is 0. The van der Waals surface area contributed by atoms with Crippen molar-refractivity contribution >= 4 is 0 Å². The summed E-state index contributed by atoms with van der Waals surface area (Å²) in [6.45, 7) is 1.86. The summed E-state index contributed by atoms with van der Waals surface area (Å²) in [4.78, 5) is 0. The molecule has 1 aliphatic carbocycles. The first-order chi connectivity index (χ1) is 5.85. The maximum atomic E-state index is 5.51. The standard InChI is InChI=1S/C9H15NO2/c1-11-6-2-7-9(3-6)5-12-4-8(9)10-7/h6-8,10H,2-5H2,1H3. The smallest absolute Gasteiger partial charge is 0.0626 e. The minimum atomic E-state index is 0.459. The van der Waals surface area contributed by atoms with Crippen LogP contribution in [0.1, 0.15) is 12.8 Å². The van der Waals surface area contributed by atoms with Crippen molar-refractivity contribution in [3.8, 4) is 0 Å². The Kier molecular flexibility index (Phi) is 1.35. The zero-order valence-electron chi connectivity index (χ0n) is 7.38. The highest BCUT2D eigenvalue weighted by Gasteiger charge is 2.62. The molecule has 68 valence electrons. The van der Waals surface area contributed by atoms with E-state index in [9.17, 15) is 0 Å². The largest absolute Gasteiger partial charge is 0.381 e. The van der Waals surface area contributed by atoms with Gasteiger partial charge in [0.15, 0.2) is 0 Å². The van der Waals surface area contributed by atoms with Crippen LogP contribution in [0.2, 0.25) is 0 Å². The molecule has 0 amide bonds. The SMILES string of the molecule is COC1CC2NC3COCC32C1. The molecule has 2 saturated heterocycles. The van der Waals surface area contributed by atoms with Gasteiger partial charge in [0.2, 0.25) is 0 Å². The van der Waals surface area contributed by atoms with Gasteiger partial charge in [0.1, 0.15) is 0 Å². The molecule has 3 nitrogen and oxygen atoms in total. The Morgan fingerprint density at radius 1 is 1.50 bits per heavy atom. The summed E-state index contributed by atoms with van der Waals surface area (Å²) in [5.41, 5.74) is 0.459. The van der Waals surface area contributed by atoms with E-state index in [4.69, 9.17) is 9.47 Å². The molecule has 4 atom stereocenters. The fourth-order valence-electron chi connectivity index (χ4n) is 3.10. The van der Waals surface area contributed by atoms with Gasteiger partial charge in [-0.3, -0.25) is 0 Å². The van der Waals surface area contributed by atoms with Crippen molar-refractivity contribution in [3.63, 3.8) is 0 Å². The molecule has 1 spiro atoms. The first kappa shape index (κ1) is 7.30. The maximum absolute atomic E-state index is 5.51. The average Bonchev–Trinajstić information content (AvgIpc) is 2.54. The van der Waals surface area contributed by atoms with Crippen molar-refractivity contribution in [1.82, 2.24) is 5.32 Å². The predicted octanol–water partition coefficient (Wildman–Crippen LogP) is 0.152. The lowest BCUT2D eigenvalue weighted by atomic mass is 9.71. The van der Waals surface area contributed by atoms with Crippen LogP contribution in [0, 0.1) is 5.41 Å². The van der Waals surface area contributed by atoms with Crippen LogP contribution in [0.3, 0.4) is 0 Å². The van der Waals surface area contributed by atoms with Crippen molar-refractivity contribution in [1.29, 1.82) is 0 Å². The van der Waals surface area contributed by atoms with Crippen molar-refractivity contribution in [2.45, 2.75) is 31.0 Å². The second kappa shape index (κ2) is 2.22. The molecule has 3 fully saturated rings. The highest BCUT2D eigenvalue weighted by molar-refractivity contribution is 5.17. The third kappa shape index (κ3) is 0.679. The molecule has 2 aliphatic heterocycles. The van der Waals surface area contributed by atoms with Crippen LogP contribution >= 0.6 is 0 Å². The van der Waals surface area contributed by atoms with E-state index in [-0.39, 0.29) is 0 Å². The Morgan fingerprint density at radius 2 is 2.42 bits per heavy atom. The summed E-state index contributed by atoms with van der Waals surface area (Å²) in [6.07, 6.45) is 2.84. The minimum Gasteiger partial charge on any atom is -0.381 e. The molecule has 4 unspecified atom stereocenters. The Balaban J connectivity index is 1.82. The zero-order chi connectivity index (χ0) is 8.18. The van der Waals surface area contributed by atoms with Gasteiger partial charge in [0, 0.05) is 24.6 Å². The number of hydrogen-bond acceptors (Lipinski definition) is 3. The Labute approximate surface area is 72.4 Å². The van der Waals surface area contributed by atoms with Crippen molar-refractivity contribution in [2.75, 3.05) is 20.3 Å². The number of methoxy groups -OCH3 is 1. The quantitative estimate of drug-likeness (QED) is 0.606. The second-order valence-corrected chi connectivity index (χ2v) is 4.32. The van der Waals surface area contributed by atoms with Gasteiger partial charge >= 0.3 is 0 Å². The van der Waals surface area contributed by atoms with E-state index in [0.29, 0.717) is 23.6 Å². The number of hydrogen-bond donors (Lipinski definition) is 1. The monoisotopic (exact) mass is 169 g/mol. The topological polar surface area (TPSA) is 30.5 Å². The molecule has 3 heteroatoms. The minimum absolute atomic E-state index is 0.459. The van der Waals surface area contributed by atoms with Crippen molar-refractivity contribution < 1.29 is 9.47 Å². The van der Waals surface area contributed by atoms with Gasteiger partial charge in [-0.15, -0.1) is 0 Å². The van der Waals surface area contributed by atoms with Gasteiger partial charge in [0.05, 0.1) is 19.3 Å². The molecule has 3 rings (SSSR count). The lowest BCUT2D eigenvalue weighted by molar-refractivity contribution is 0.0590. The third-order valence-electron chi connectivity index (χ3n) is 3.89. The van der Waals surface area contributed by atoms with Crippen LogP contribution in [-0.2, 0) is 9.47 Å². The highest BCUT2D eigenvalue weighted by atomic mass is 16.5. The summed E-state index contributed by atoms with van der Waals surface area (Å²) in [5, 5.41) is 3.55. The van der Waals surface area contributed by atoms with E-state index in [0.717, 1.165) is 13.2 Å². The molecule has 0 aromatic rings. The van der Waals surface area contributed by atoms with E-state index >= 15 is 0 Å². The van der Waals surface area contributed by atoms with E-state index in [2.05, 4.69) is 5.32 Å². The molecule has 0 bridgehead atoms. The van der Waals surface area contributed by atoms with Gasteiger partial charge in [-0.05, 0) is 12.8 Å². The van der Waals surface area contributed by atoms with Crippen molar-refractivity contribution in [3.05, 3.63) is 0 Å². The molecule has 12 heavy (non-hydrogen) atoms. The van der Waals surface area contributed by atoms with E-state index in [1.807, 2.05) is 7.11 Å². The fourth-order valence-corrected chi connectivity index (χ4v) is 3.10. The van der Waals surface area contributed by atoms with Crippen molar-refractivity contribution in [2.24, 2.45) is 5.41 Å². The third-order valence-corrected chi connectivity index (χ3v) is 3.89.